The number of nitrogens with one attached hydrogen (secondary N) is 3. The van der Waals surface area contributed by atoms with Crippen LogP contribution in [0.1, 0.15) is 23.7 Å². The van der Waals surface area contributed by atoms with Gasteiger partial charge in [-0.2, -0.15) is 0 Å². The van der Waals surface area contributed by atoms with Crippen LogP contribution in [0, 0.1) is 13.8 Å². The van der Waals surface area contributed by atoms with E-state index in [1.165, 1.54) is 18.1 Å². The molecule has 0 fully saturated rings. The molecule has 0 unspecified atom stereocenters. The topological polar surface area (TPSA) is 117 Å². The Bertz CT molecular complexity index is 1430. The summed E-state index contributed by atoms with van der Waals surface area (Å²) < 4.78 is 28.1. The van der Waals surface area contributed by atoms with E-state index in [9.17, 15) is 13.2 Å². The van der Waals surface area contributed by atoms with E-state index in [-0.39, 0.29) is 21.8 Å². The van der Waals surface area contributed by atoms with E-state index in [1.54, 1.807) is 30.4 Å². The molecule has 2 aromatic heterocycles. The number of rotatable bonds is 10. The van der Waals surface area contributed by atoms with Gasteiger partial charge in [0.05, 0.1) is 16.7 Å². The summed E-state index contributed by atoms with van der Waals surface area (Å²) >= 11 is 4.22. The van der Waals surface area contributed by atoms with Crippen LogP contribution in [0.25, 0.3) is 11.0 Å². The quantitative estimate of drug-likeness (QED) is 0.190. The van der Waals surface area contributed by atoms with Gasteiger partial charge in [0.25, 0.3) is 10.0 Å². The number of aryl methyl sites for hydroxylation is 1. The van der Waals surface area contributed by atoms with Crippen molar-refractivity contribution >= 4 is 67.0 Å². The van der Waals surface area contributed by atoms with E-state index in [2.05, 4.69) is 44.0 Å². The van der Waals surface area contributed by atoms with E-state index < -0.39 is 10.0 Å². The number of aromatic nitrogens is 3. The van der Waals surface area contributed by atoms with Gasteiger partial charge < -0.3 is 10.3 Å². The van der Waals surface area contributed by atoms with Gasteiger partial charge in [0.2, 0.25) is 5.91 Å². The summed E-state index contributed by atoms with van der Waals surface area (Å²) in [5.41, 5.74) is 4.75. The van der Waals surface area contributed by atoms with Gasteiger partial charge in [0.15, 0.2) is 14.5 Å². The van der Waals surface area contributed by atoms with Crippen molar-refractivity contribution in [1.29, 1.82) is 0 Å². The molecule has 4 aromatic rings. The van der Waals surface area contributed by atoms with E-state index in [0.717, 1.165) is 38.2 Å². The largest absolute Gasteiger partial charge is 0.333 e. The SMILES string of the molecule is CC(=O)Nc1nc(C)c(S(=O)(=O)NCCSc2cccc(CSc3nc4ccccc4[nH]3)c2C)s1. The second-order valence-electron chi connectivity index (χ2n) is 7.71. The third kappa shape index (κ3) is 6.44. The summed E-state index contributed by atoms with van der Waals surface area (Å²) in [6.45, 7) is 5.33. The minimum Gasteiger partial charge on any atom is -0.333 e. The number of fused-ring (bicyclic) bond motifs is 1. The Morgan fingerprint density at radius 2 is 1.89 bits per heavy atom. The summed E-state index contributed by atoms with van der Waals surface area (Å²) in [6.07, 6.45) is 0. The third-order valence-corrected chi connectivity index (χ3v) is 10.3. The lowest BCUT2D eigenvalue weighted by Crippen LogP contribution is -2.25. The number of thiazole rings is 1. The maximum Gasteiger partial charge on any atom is 0.252 e. The van der Waals surface area contributed by atoms with Crippen molar-refractivity contribution in [2.45, 2.75) is 40.8 Å². The van der Waals surface area contributed by atoms with Gasteiger partial charge in [-0.05, 0) is 43.2 Å². The van der Waals surface area contributed by atoms with Crippen LogP contribution in [0.4, 0.5) is 5.13 Å². The second-order valence-corrected chi connectivity index (χ2v) is 12.8. The molecule has 35 heavy (non-hydrogen) atoms. The molecule has 12 heteroatoms. The lowest BCUT2D eigenvalue weighted by atomic mass is 10.1. The standard InChI is InChI=1S/C23H25N5O3S4/c1-14-17(13-33-22-27-18-8-4-5-9-19(18)28-22)7-6-10-20(14)32-12-11-24-35(30,31)21-15(2)25-23(34-21)26-16(3)29/h4-10,24H,11-13H2,1-3H3,(H,27,28)(H,25,26,29). The molecule has 0 saturated carbocycles. The first kappa shape index (κ1) is 25.7. The first-order chi connectivity index (χ1) is 16.7. The Hall–Kier alpha value is -2.38. The molecule has 8 nitrogen and oxygen atoms in total. The minimum absolute atomic E-state index is 0.118. The van der Waals surface area contributed by atoms with Gasteiger partial charge in [-0.1, -0.05) is 47.4 Å². The number of benzene rings is 2. The number of hydrogen-bond donors (Lipinski definition) is 3. The molecule has 0 aliphatic carbocycles. The monoisotopic (exact) mass is 547 g/mol. The number of carbonyl (C=O) groups excluding carboxylic acids is 1. The zero-order chi connectivity index (χ0) is 25.0. The predicted octanol–water partition coefficient (Wildman–Crippen LogP) is 4.96. The summed E-state index contributed by atoms with van der Waals surface area (Å²) in [7, 11) is -3.70. The number of anilines is 1. The van der Waals surface area contributed by atoms with E-state index in [4.69, 9.17) is 0 Å². The number of para-hydroxylation sites is 2. The van der Waals surface area contributed by atoms with Crippen molar-refractivity contribution in [3.8, 4) is 0 Å². The Balaban J connectivity index is 1.32. The lowest BCUT2D eigenvalue weighted by Gasteiger charge is -2.11. The molecule has 0 saturated heterocycles. The van der Waals surface area contributed by atoms with Crippen LogP contribution in [0.5, 0.6) is 0 Å². The summed E-state index contributed by atoms with van der Waals surface area (Å²) in [6, 6.07) is 14.2. The lowest BCUT2D eigenvalue weighted by molar-refractivity contribution is -0.114. The van der Waals surface area contributed by atoms with Crippen LogP contribution in [0.15, 0.2) is 56.7 Å². The molecule has 0 aliphatic rings. The molecule has 2 aromatic carbocycles. The molecule has 0 radical (unpaired) electrons. The molecule has 0 atom stereocenters. The molecule has 184 valence electrons. The van der Waals surface area contributed by atoms with Crippen LogP contribution in [-0.4, -0.2) is 41.6 Å². The highest BCUT2D eigenvalue weighted by Gasteiger charge is 2.22. The molecular weight excluding hydrogens is 523 g/mol. The number of H-pyrrole nitrogens is 1. The molecule has 3 N–H and O–H groups in total. The molecule has 0 bridgehead atoms. The van der Waals surface area contributed by atoms with Gasteiger partial charge in [-0.3, -0.25) is 4.79 Å². The number of hydrogen-bond acceptors (Lipinski definition) is 8. The number of amides is 1. The van der Waals surface area contributed by atoms with E-state index in [0.29, 0.717) is 11.4 Å². The molecule has 4 rings (SSSR count). The first-order valence-corrected chi connectivity index (χ1v) is 15.0. The fourth-order valence-corrected chi connectivity index (χ4v) is 7.92. The Kier molecular flexibility index (Phi) is 8.17. The van der Waals surface area contributed by atoms with Crippen molar-refractivity contribution in [3.05, 3.63) is 59.3 Å². The number of sulfonamides is 1. The minimum atomic E-state index is -3.70. The van der Waals surface area contributed by atoms with Crippen molar-refractivity contribution in [2.24, 2.45) is 0 Å². The normalized spacial score (nSPS) is 11.7. The fraction of sp³-hybridized carbons (Fsp3) is 0.261. The highest BCUT2D eigenvalue weighted by atomic mass is 32.2. The van der Waals surface area contributed by atoms with Gasteiger partial charge in [0, 0.05) is 29.9 Å². The fourth-order valence-electron chi connectivity index (χ4n) is 3.35. The van der Waals surface area contributed by atoms with Crippen LogP contribution in [0.2, 0.25) is 0 Å². The first-order valence-electron chi connectivity index (χ1n) is 10.8. The van der Waals surface area contributed by atoms with E-state index >= 15 is 0 Å². The van der Waals surface area contributed by atoms with Crippen LogP contribution in [0.3, 0.4) is 0 Å². The number of imidazole rings is 1. The average Bonchev–Trinajstić information content (AvgIpc) is 3.39. The summed E-state index contributed by atoms with van der Waals surface area (Å²) in [5, 5.41) is 3.69. The van der Waals surface area contributed by atoms with Crippen LogP contribution < -0.4 is 10.0 Å². The van der Waals surface area contributed by atoms with Gasteiger partial charge >= 0.3 is 0 Å². The third-order valence-electron chi connectivity index (χ3n) is 5.06. The summed E-state index contributed by atoms with van der Waals surface area (Å²) in [4.78, 5) is 24.4. The number of aromatic amines is 1. The number of nitrogens with zero attached hydrogens (tertiary/aromatic N) is 2. The van der Waals surface area contributed by atoms with Gasteiger partial charge in [0.1, 0.15) is 0 Å². The molecule has 2 heterocycles. The van der Waals surface area contributed by atoms with Crippen LogP contribution in [-0.2, 0) is 20.6 Å². The van der Waals surface area contributed by atoms with Crippen molar-refractivity contribution < 1.29 is 13.2 Å². The molecule has 1 amide bonds. The van der Waals surface area contributed by atoms with Gasteiger partial charge in [-0.15, -0.1) is 11.8 Å². The average molecular weight is 548 g/mol. The zero-order valence-electron chi connectivity index (χ0n) is 19.4. The predicted molar refractivity (Wildman–Crippen MR) is 144 cm³/mol. The van der Waals surface area contributed by atoms with Gasteiger partial charge in [-0.25, -0.2) is 23.1 Å². The van der Waals surface area contributed by atoms with E-state index in [1.807, 2.05) is 30.3 Å². The second kappa shape index (κ2) is 11.1. The van der Waals surface area contributed by atoms with Crippen molar-refractivity contribution in [2.75, 3.05) is 17.6 Å². The molecular formula is C23H25N5O3S4. The summed E-state index contributed by atoms with van der Waals surface area (Å²) in [5.74, 6) is 1.07. The Morgan fingerprint density at radius 3 is 2.66 bits per heavy atom. The highest BCUT2D eigenvalue weighted by molar-refractivity contribution is 7.99. The Morgan fingerprint density at radius 1 is 1.09 bits per heavy atom. The number of carbonyl (C=O) groups is 1. The smallest absolute Gasteiger partial charge is 0.252 e. The van der Waals surface area contributed by atoms with Crippen LogP contribution >= 0.6 is 34.9 Å². The highest BCUT2D eigenvalue weighted by Crippen LogP contribution is 2.30. The zero-order valence-corrected chi connectivity index (χ0v) is 22.7. The van der Waals surface area contributed by atoms with Crippen molar-refractivity contribution in [3.63, 3.8) is 0 Å². The maximum absolute atomic E-state index is 12.7. The van der Waals surface area contributed by atoms with Crippen molar-refractivity contribution in [1.82, 2.24) is 19.7 Å². The molecule has 0 spiro atoms. The Labute approximate surface area is 216 Å². The molecule has 0 aliphatic heterocycles. The maximum atomic E-state index is 12.7. The number of thioether (sulfide) groups is 2.